The van der Waals surface area contributed by atoms with Crippen LogP contribution in [-0.2, 0) is 10.0 Å². The van der Waals surface area contributed by atoms with Crippen LogP contribution in [0.5, 0.6) is 0 Å². The summed E-state index contributed by atoms with van der Waals surface area (Å²) in [6.45, 7) is 6.46. The summed E-state index contributed by atoms with van der Waals surface area (Å²) in [4.78, 5) is 0.347. The Morgan fingerprint density at radius 2 is 2.00 bits per heavy atom. The lowest BCUT2D eigenvalue weighted by atomic mass is 10.2. The van der Waals surface area contributed by atoms with Gasteiger partial charge in [0.1, 0.15) is 0 Å². The molecule has 5 heteroatoms. The van der Waals surface area contributed by atoms with Gasteiger partial charge in [0.2, 0.25) is 10.0 Å². The standard InChI is InChI=1S/C14H22N2O2S/c1-10(2)9-16(13-6-7-13)19(17,18)14-8-12(15)5-4-11(14)3/h4-5,8,10,13H,6-7,9,15H2,1-3H3. The Balaban J connectivity index is 2.41. The molecule has 0 aliphatic heterocycles. The van der Waals surface area contributed by atoms with E-state index in [1.54, 1.807) is 22.5 Å². The van der Waals surface area contributed by atoms with Crippen molar-refractivity contribution in [3.05, 3.63) is 23.8 Å². The molecule has 1 fully saturated rings. The van der Waals surface area contributed by atoms with Crippen LogP contribution in [0.15, 0.2) is 23.1 Å². The van der Waals surface area contributed by atoms with Crippen LogP contribution in [0.2, 0.25) is 0 Å². The maximum Gasteiger partial charge on any atom is 0.243 e. The Morgan fingerprint density at radius 1 is 1.37 bits per heavy atom. The van der Waals surface area contributed by atoms with Gasteiger partial charge in [-0.25, -0.2) is 8.42 Å². The van der Waals surface area contributed by atoms with E-state index >= 15 is 0 Å². The first-order chi connectivity index (χ1) is 8.82. The van der Waals surface area contributed by atoms with E-state index in [0.29, 0.717) is 23.0 Å². The van der Waals surface area contributed by atoms with Crippen molar-refractivity contribution in [2.75, 3.05) is 12.3 Å². The van der Waals surface area contributed by atoms with Crippen LogP contribution in [0.25, 0.3) is 0 Å². The SMILES string of the molecule is Cc1ccc(N)cc1S(=O)(=O)N(CC(C)C)C1CC1. The topological polar surface area (TPSA) is 63.4 Å². The summed E-state index contributed by atoms with van der Waals surface area (Å²) < 4.78 is 27.2. The average Bonchev–Trinajstić information content (AvgIpc) is 3.12. The molecule has 19 heavy (non-hydrogen) atoms. The average molecular weight is 282 g/mol. The zero-order valence-electron chi connectivity index (χ0n) is 11.8. The molecule has 0 bridgehead atoms. The summed E-state index contributed by atoms with van der Waals surface area (Å²) >= 11 is 0. The molecule has 0 amide bonds. The van der Waals surface area contributed by atoms with Crippen LogP contribution in [0.4, 0.5) is 5.69 Å². The third-order valence-corrected chi connectivity index (χ3v) is 5.36. The van der Waals surface area contributed by atoms with E-state index in [-0.39, 0.29) is 6.04 Å². The Kier molecular flexibility index (Phi) is 3.87. The fourth-order valence-corrected chi connectivity index (χ4v) is 4.30. The second-order valence-corrected chi connectivity index (χ2v) is 7.58. The van der Waals surface area contributed by atoms with E-state index in [9.17, 15) is 8.42 Å². The summed E-state index contributed by atoms with van der Waals surface area (Å²) in [5, 5.41) is 0. The number of nitrogens with two attached hydrogens (primary N) is 1. The molecule has 4 nitrogen and oxygen atoms in total. The lowest BCUT2D eigenvalue weighted by molar-refractivity contribution is 0.360. The molecule has 2 rings (SSSR count). The molecule has 0 aromatic heterocycles. The summed E-state index contributed by atoms with van der Waals surface area (Å²) in [6.07, 6.45) is 1.93. The molecule has 2 N–H and O–H groups in total. The number of nitrogen functional groups attached to an aromatic ring is 1. The molecule has 1 aliphatic carbocycles. The highest BCUT2D eigenvalue weighted by atomic mass is 32.2. The minimum absolute atomic E-state index is 0.174. The molecule has 0 unspecified atom stereocenters. The van der Waals surface area contributed by atoms with E-state index < -0.39 is 10.0 Å². The van der Waals surface area contributed by atoms with Crippen molar-refractivity contribution < 1.29 is 8.42 Å². The van der Waals surface area contributed by atoms with Crippen molar-refractivity contribution >= 4 is 15.7 Å². The first-order valence-electron chi connectivity index (χ1n) is 6.70. The maximum atomic E-state index is 12.8. The maximum absolute atomic E-state index is 12.8. The van der Waals surface area contributed by atoms with E-state index in [1.165, 1.54) is 0 Å². The zero-order chi connectivity index (χ0) is 14.2. The molecule has 0 atom stereocenters. The normalized spacial score (nSPS) is 16.3. The quantitative estimate of drug-likeness (QED) is 0.843. The van der Waals surface area contributed by atoms with Crippen molar-refractivity contribution in [3.8, 4) is 0 Å². The molecular formula is C14H22N2O2S. The van der Waals surface area contributed by atoms with Crippen LogP contribution in [0.1, 0.15) is 32.3 Å². The van der Waals surface area contributed by atoms with Crippen molar-refractivity contribution in [2.45, 2.75) is 44.6 Å². The summed E-state index contributed by atoms with van der Waals surface area (Å²) in [5.74, 6) is 0.316. The van der Waals surface area contributed by atoms with E-state index in [0.717, 1.165) is 18.4 Å². The Bertz CT molecular complexity index is 563. The first-order valence-corrected chi connectivity index (χ1v) is 8.14. The number of anilines is 1. The second-order valence-electron chi connectivity index (χ2n) is 5.72. The molecule has 1 aromatic carbocycles. The second kappa shape index (κ2) is 5.13. The lowest BCUT2D eigenvalue weighted by Crippen LogP contribution is -2.36. The van der Waals surface area contributed by atoms with Gasteiger partial charge in [0.05, 0.1) is 4.90 Å². The largest absolute Gasteiger partial charge is 0.399 e. The number of benzene rings is 1. The number of hydrogen-bond acceptors (Lipinski definition) is 3. The molecule has 1 aromatic rings. The highest BCUT2D eigenvalue weighted by molar-refractivity contribution is 7.89. The number of hydrogen-bond donors (Lipinski definition) is 1. The van der Waals surface area contributed by atoms with E-state index in [1.807, 2.05) is 20.8 Å². The van der Waals surface area contributed by atoms with Crippen molar-refractivity contribution in [3.63, 3.8) is 0 Å². The minimum atomic E-state index is -3.43. The predicted molar refractivity (Wildman–Crippen MR) is 77.3 cm³/mol. The fourth-order valence-electron chi connectivity index (χ4n) is 2.19. The molecule has 0 saturated heterocycles. The lowest BCUT2D eigenvalue weighted by Gasteiger charge is -2.24. The van der Waals surface area contributed by atoms with Crippen molar-refractivity contribution in [1.29, 1.82) is 0 Å². The van der Waals surface area contributed by atoms with Crippen molar-refractivity contribution in [1.82, 2.24) is 4.31 Å². The summed E-state index contributed by atoms with van der Waals surface area (Å²) in [5.41, 5.74) is 6.98. The molecule has 106 valence electrons. The molecule has 0 spiro atoms. The van der Waals surface area contributed by atoms with Gasteiger partial charge in [-0.3, -0.25) is 0 Å². The van der Waals surface area contributed by atoms with Gasteiger partial charge in [0, 0.05) is 18.3 Å². The smallest absolute Gasteiger partial charge is 0.243 e. The molecule has 1 aliphatic rings. The van der Waals surface area contributed by atoms with Gasteiger partial charge in [-0.2, -0.15) is 4.31 Å². The zero-order valence-corrected chi connectivity index (χ0v) is 12.6. The summed E-state index contributed by atoms with van der Waals surface area (Å²) in [6, 6.07) is 5.25. The van der Waals surface area contributed by atoms with E-state index in [2.05, 4.69) is 0 Å². The van der Waals surface area contributed by atoms with Gasteiger partial charge in [-0.15, -0.1) is 0 Å². The first kappa shape index (κ1) is 14.3. The van der Waals surface area contributed by atoms with Crippen LogP contribution in [0, 0.1) is 12.8 Å². The third kappa shape index (κ3) is 3.09. The van der Waals surface area contributed by atoms with Crippen LogP contribution >= 0.6 is 0 Å². The van der Waals surface area contributed by atoms with Crippen LogP contribution < -0.4 is 5.73 Å². The van der Waals surface area contributed by atoms with E-state index in [4.69, 9.17) is 5.73 Å². The summed E-state index contributed by atoms with van der Waals surface area (Å²) in [7, 11) is -3.43. The van der Waals surface area contributed by atoms with Gasteiger partial charge in [0.25, 0.3) is 0 Å². The monoisotopic (exact) mass is 282 g/mol. The molecule has 0 radical (unpaired) electrons. The fraction of sp³-hybridized carbons (Fsp3) is 0.571. The third-order valence-electron chi connectivity index (χ3n) is 3.30. The van der Waals surface area contributed by atoms with Crippen LogP contribution in [-0.4, -0.2) is 25.3 Å². The molecule has 1 saturated carbocycles. The van der Waals surface area contributed by atoms with Gasteiger partial charge in [0.15, 0.2) is 0 Å². The highest BCUT2D eigenvalue weighted by Crippen LogP contribution is 2.34. The predicted octanol–water partition coefficient (Wildman–Crippen LogP) is 2.39. The van der Waals surface area contributed by atoms with Crippen molar-refractivity contribution in [2.24, 2.45) is 5.92 Å². The van der Waals surface area contributed by atoms with Gasteiger partial charge in [-0.05, 0) is 43.4 Å². The van der Waals surface area contributed by atoms with Crippen LogP contribution in [0.3, 0.4) is 0 Å². The molecule has 0 heterocycles. The number of sulfonamides is 1. The number of nitrogens with zero attached hydrogens (tertiary/aromatic N) is 1. The minimum Gasteiger partial charge on any atom is -0.399 e. The van der Waals surface area contributed by atoms with Gasteiger partial charge in [-0.1, -0.05) is 19.9 Å². The van der Waals surface area contributed by atoms with Gasteiger partial charge >= 0.3 is 0 Å². The Hall–Kier alpha value is -1.07. The number of rotatable bonds is 5. The molecular weight excluding hydrogens is 260 g/mol. The number of aryl methyl sites for hydroxylation is 1. The Labute approximate surface area is 115 Å². The van der Waals surface area contributed by atoms with Gasteiger partial charge < -0.3 is 5.73 Å². The highest BCUT2D eigenvalue weighted by Gasteiger charge is 2.38. The Morgan fingerprint density at radius 3 is 2.53 bits per heavy atom.